The van der Waals surface area contributed by atoms with Crippen LogP contribution in [0, 0.1) is 11.3 Å². The number of carbonyl (C=O) groups excluding carboxylic acids is 1. The van der Waals surface area contributed by atoms with Gasteiger partial charge in [0.2, 0.25) is 0 Å². The molecular weight excluding hydrogens is 466 g/mol. The second-order valence-electron chi connectivity index (χ2n) is 9.80. The van der Waals surface area contributed by atoms with E-state index in [1.807, 2.05) is 19.1 Å². The molecule has 0 aromatic heterocycles. The zero-order valence-electron chi connectivity index (χ0n) is 18.6. The summed E-state index contributed by atoms with van der Waals surface area (Å²) in [5, 5.41) is 16.5. The summed E-state index contributed by atoms with van der Waals surface area (Å²) in [5.41, 5.74) is 3.25. The molecule has 0 radical (unpaired) electrons. The predicted molar refractivity (Wildman–Crippen MR) is 132 cm³/mol. The number of carbonyl (C=O) groups is 1. The number of ketones is 1. The Morgan fingerprint density at radius 2 is 1.97 bits per heavy atom. The fourth-order valence-electron chi connectivity index (χ4n) is 5.72. The van der Waals surface area contributed by atoms with E-state index >= 15 is 0 Å². The smallest absolute Gasteiger partial charge is 0.172 e. The van der Waals surface area contributed by atoms with Crippen LogP contribution in [0.4, 0.5) is 5.69 Å². The first kappa shape index (κ1) is 21.3. The van der Waals surface area contributed by atoms with Gasteiger partial charge in [-0.05, 0) is 80.7 Å². The molecule has 1 heterocycles. The third-order valence-electron chi connectivity index (χ3n) is 6.95. The number of rotatable bonds is 3. The lowest BCUT2D eigenvalue weighted by Gasteiger charge is -2.47. The summed E-state index contributed by atoms with van der Waals surface area (Å²) in [5.74, 6) is 0.770. The number of Topliss-reactive ketones (excluding diaryl/α,β-unsaturated/α-hetero) is 1. The maximum Gasteiger partial charge on any atom is 0.172 e. The number of aromatic hydroxyl groups is 1. The van der Waals surface area contributed by atoms with Gasteiger partial charge in [0, 0.05) is 18.0 Å². The molecule has 0 amide bonds. The molecule has 3 aromatic carbocycles. The minimum atomic E-state index is -0.187. The van der Waals surface area contributed by atoms with E-state index in [1.54, 1.807) is 0 Å². The molecule has 4 nitrogen and oxygen atoms in total. The van der Waals surface area contributed by atoms with Crippen LogP contribution >= 0.6 is 15.9 Å². The highest BCUT2D eigenvalue weighted by Crippen LogP contribution is 2.56. The predicted octanol–water partition coefficient (Wildman–Crippen LogP) is 6.96. The maximum atomic E-state index is 13.6. The van der Waals surface area contributed by atoms with E-state index in [4.69, 9.17) is 4.74 Å². The van der Waals surface area contributed by atoms with Crippen molar-refractivity contribution in [3.05, 3.63) is 64.1 Å². The molecule has 0 unspecified atom stereocenters. The van der Waals surface area contributed by atoms with Gasteiger partial charge in [-0.2, -0.15) is 0 Å². The molecule has 0 spiro atoms. The summed E-state index contributed by atoms with van der Waals surface area (Å²) < 4.78 is 6.25. The van der Waals surface area contributed by atoms with Crippen molar-refractivity contribution in [2.24, 2.45) is 11.3 Å². The lowest BCUT2D eigenvalue weighted by atomic mass is 9.60. The first-order valence-corrected chi connectivity index (χ1v) is 12.0. The van der Waals surface area contributed by atoms with Crippen molar-refractivity contribution in [1.29, 1.82) is 0 Å². The van der Waals surface area contributed by atoms with Crippen LogP contribution in [0.1, 0.15) is 56.7 Å². The average molecular weight is 494 g/mol. The molecule has 1 aliphatic carbocycles. The van der Waals surface area contributed by atoms with Crippen LogP contribution in [0.25, 0.3) is 10.8 Å². The monoisotopic (exact) mass is 493 g/mol. The number of hydrogen-bond donors (Lipinski definition) is 2. The number of hydrogen-bond acceptors (Lipinski definition) is 4. The number of phenols is 1. The van der Waals surface area contributed by atoms with Crippen LogP contribution in [0.15, 0.2) is 53.0 Å². The number of halogens is 1. The minimum absolute atomic E-state index is 0.0413. The summed E-state index contributed by atoms with van der Waals surface area (Å²) in [6.45, 7) is 6.75. The molecule has 2 aliphatic rings. The Bertz CT molecular complexity index is 1220. The Morgan fingerprint density at radius 3 is 2.75 bits per heavy atom. The number of fused-ring (bicyclic) bond motifs is 5. The van der Waals surface area contributed by atoms with Gasteiger partial charge < -0.3 is 15.2 Å². The quantitative estimate of drug-likeness (QED) is 0.413. The van der Waals surface area contributed by atoms with Gasteiger partial charge in [-0.25, -0.2) is 0 Å². The number of benzene rings is 3. The largest absolute Gasteiger partial charge is 0.503 e. The lowest BCUT2D eigenvalue weighted by Crippen LogP contribution is -2.44. The summed E-state index contributed by atoms with van der Waals surface area (Å²) in [4.78, 5) is 13.6. The van der Waals surface area contributed by atoms with Gasteiger partial charge in [0.1, 0.15) is 5.78 Å². The van der Waals surface area contributed by atoms with Crippen LogP contribution < -0.4 is 10.1 Å². The van der Waals surface area contributed by atoms with Crippen molar-refractivity contribution >= 4 is 38.2 Å². The molecule has 3 aromatic rings. The second-order valence-corrected chi connectivity index (χ2v) is 10.7. The van der Waals surface area contributed by atoms with Gasteiger partial charge in [-0.3, -0.25) is 4.79 Å². The Hall–Kier alpha value is -2.53. The van der Waals surface area contributed by atoms with Crippen molar-refractivity contribution < 1.29 is 14.6 Å². The zero-order chi connectivity index (χ0) is 22.6. The van der Waals surface area contributed by atoms with Crippen LogP contribution in [0.2, 0.25) is 0 Å². The highest BCUT2D eigenvalue weighted by molar-refractivity contribution is 9.10. The SMILES string of the molecule is CCOc1cc([C@@H]2Nc3ccc4ccccc4c3[C@@H]3CC(C)(C)CC(=O)[C@@H]32)cc(Br)c1O. The highest BCUT2D eigenvalue weighted by atomic mass is 79.9. The summed E-state index contributed by atoms with van der Waals surface area (Å²) >= 11 is 3.48. The van der Waals surface area contributed by atoms with Crippen LogP contribution in [-0.2, 0) is 4.79 Å². The lowest BCUT2D eigenvalue weighted by molar-refractivity contribution is -0.129. The molecule has 3 atom stereocenters. The van der Waals surface area contributed by atoms with Gasteiger partial charge in [-0.1, -0.05) is 44.2 Å². The third-order valence-corrected chi connectivity index (χ3v) is 7.56. The molecular formula is C27H28BrNO3. The Labute approximate surface area is 197 Å². The number of anilines is 1. The van der Waals surface area contributed by atoms with Gasteiger partial charge >= 0.3 is 0 Å². The van der Waals surface area contributed by atoms with Crippen molar-refractivity contribution in [1.82, 2.24) is 0 Å². The van der Waals surface area contributed by atoms with E-state index in [2.05, 4.69) is 71.5 Å². The molecule has 5 heteroatoms. The Balaban J connectivity index is 1.70. The van der Waals surface area contributed by atoms with E-state index in [1.165, 1.54) is 16.3 Å². The summed E-state index contributed by atoms with van der Waals surface area (Å²) in [6, 6.07) is 16.3. The molecule has 0 bridgehead atoms. The average Bonchev–Trinajstić information content (AvgIpc) is 2.75. The van der Waals surface area contributed by atoms with E-state index in [0.29, 0.717) is 29.0 Å². The number of nitrogens with one attached hydrogen (secondary N) is 1. The zero-order valence-corrected chi connectivity index (χ0v) is 20.2. The fourth-order valence-corrected chi connectivity index (χ4v) is 6.18. The standard InChI is InChI=1S/C27H28BrNO3/c1-4-32-22-12-16(11-19(28)26(22)31)25-24-18(13-27(2,3)14-21(24)30)23-17-8-6-5-7-15(17)9-10-20(23)29-25/h5-12,18,24-25,29,31H,4,13-14H2,1-3H3/t18-,24+,25-/m0/s1. The van der Waals surface area contributed by atoms with Crippen molar-refractivity contribution in [3.63, 3.8) is 0 Å². The van der Waals surface area contributed by atoms with Gasteiger partial charge in [0.05, 0.1) is 17.1 Å². The second kappa shape index (κ2) is 7.80. The van der Waals surface area contributed by atoms with Gasteiger partial charge in [0.15, 0.2) is 11.5 Å². The van der Waals surface area contributed by atoms with E-state index in [9.17, 15) is 9.90 Å². The van der Waals surface area contributed by atoms with Crippen LogP contribution in [0.5, 0.6) is 11.5 Å². The van der Waals surface area contributed by atoms with E-state index in [0.717, 1.165) is 17.7 Å². The molecule has 1 saturated carbocycles. The first-order chi connectivity index (χ1) is 15.3. The first-order valence-electron chi connectivity index (χ1n) is 11.2. The maximum absolute atomic E-state index is 13.6. The Morgan fingerprint density at radius 1 is 1.19 bits per heavy atom. The summed E-state index contributed by atoms with van der Waals surface area (Å²) in [7, 11) is 0. The molecule has 1 fully saturated rings. The van der Waals surface area contributed by atoms with Crippen LogP contribution in [0.3, 0.4) is 0 Å². The van der Waals surface area contributed by atoms with Gasteiger partial charge in [0.25, 0.3) is 0 Å². The molecule has 166 valence electrons. The highest BCUT2D eigenvalue weighted by Gasteiger charge is 2.49. The Kier molecular flexibility index (Phi) is 5.20. The molecule has 32 heavy (non-hydrogen) atoms. The molecule has 5 rings (SSSR count). The number of ether oxygens (including phenoxy) is 1. The van der Waals surface area contributed by atoms with E-state index in [-0.39, 0.29) is 29.0 Å². The number of phenolic OH excluding ortho intramolecular Hbond substituents is 1. The minimum Gasteiger partial charge on any atom is -0.503 e. The van der Waals surface area contributed by atoms with Crippen molar-refractivity contribution in [2.75, 3.05) is 11.9 Å². The topological polar surface area (TPSA) is 58.6 Å². The van der Waals surface area contributed by atoms with Crippen LogP contribution in [-0.4, -0.2) is 17.5 Å². The van der Waals surface area contributed by atoms with Gasteiger partial charge in [-0.15, -0.1) is 0 Å². The normalized spacial score (nSPS) is 23.9. The third kappa shape index (κ3) is 3.47. The summed E-state index contributed by atoms with van der Waals surface area (Å²) in [6.07, 6.45) is 1.53. The van der Waals surface area contributed by atoms with Crippen molar-refractivity contribution in [2.45, 2.75) is 45.6 Å². The molecule has 1 aliphatic heterocycles. The fraction of sp³-hybridized carbons (Fsp3) is 0.370. The molecule has 0 saturated heterocycles. The van der Waals surface area contributed by atoms with Crippen molar-refractivity contribution in [3.8, 4) is 11.5 Å². The van der Waals surface area contributed by atoms with E-state index < -0.39 is 0 Å². The molecule has 2 N–H and O–H groups in total.